The lowest BCUT2D eigenvalue weighted by Crippen LogP contribution is -2.13. The molecule has 0 aliphatic heterocycles. The molecule has 0 heterocycles. The summed E-state index contributed by atoms with van der Waals surface area (Å²) in [4.78, 5) is 0. The second kappa shape index (κ2) is 10.9. The van der Waals surface area contributed by atoms with Gasteiger partial charge in [-0.15, -0.1) is 0 Å². The summed E-state index contributed by atoms with van der Waals surface area (Å²) in [7, 11) is 1.64. The van der Waals surface area contributed by atoms with Crippen LogP contribution in [0.25, 0.3) is 0 Å². The summed E-state index contributed by atoms with van der Waals surface area (Å²) in [6.45, 7) is 3.55. The largest absolute Gasteiger partial charge is 0.491 e. The van der Waals surface area contributed by atoms with Crippen LogP contribution in [0.4, 0.5) is 0 Å². The molecule has 0 spiro atoms. The lowest BCUT2D eigenvalue weighted by atomic mass is 10.2. The van der Waals surface area contributed by atoms with Gasteiger partial charge in [0.1, 0.15) is 12.4 Å². The monoisotopic (exact) mass is 303 g/mol. The van der Waals surface area contributed by atoms with Gasteiger partial charge in [0, 0.05) is 24.2 Å². The average Bonchev–Trinajstić information content (AvgIpc) is 2.45. The average molecular weight is 304 g/mol. The second-order valence-corrected chi connectivity index (χ2v) is 4.39. The summed E-state index contributed by atoms with van der Waals surface area (Å²) in [6.07, 6.45) is 0. The zero-order chi connectivity index (χ0) is 14.6. The molecule has 0 aromatic heterocycles. The van der Waals surface area contributed by atoms with E-state index in [0.717, 1.165) is 5.56 Å². The molecule has 0 atom stereocenters. The number of hydrogen-bond acceptors (Lipinski definition) is 5. The van der Waals surface area contributed by atoms with Gasteiger partial charge in [0.2, 0.25) is 0 Å². The maximum absolute atomic E-state index is 6.03. The molecule has 1 rings (SSSR count). The summed E-state index contributed by atoms with van der Waals surface area (Å²) < 4.78 is 21.1. The molecule has 0 fully saturated rings. The number of benzene rings is 1. The van der Waals surface area contributed by atoms with E-state index < -0.39 is 0 Å². The van der Waals surface area contributed by atoms with Crippen LogP contribution in [0.3, 0.4) is 0 Å². The molecule has 0 aliphatic carbocycles. The molecule has 5 nitrogen and oxygen atoms in total. The maximum Gasteiger partial charge on any atom is 0.125 e. The summed E-state index contributed by atoms with van der Waals surface area (Å²) in [5, 5.41) is 0.623. The van der Waals surface area contributed by atoms with Crippen molar-refractivity contribution in [3.8, 4) is 5.75 Å². The van der Waals surface area contributed by atoms with Gasteiger partial charge in [0.05, 0.1) is 33.0 Å². The van der Waals surface area contributed by atoms with Gasteiger partial charge in [-0.05, 0) is 12.1 Å². The highest BCUT2D eigenvalue weighted by Gasteiger charge is 2.05. The fourth-order valence-electron chi connectivity index (χ4n) is 1.55. The normalized spacial score (nSPS) is 10.8. The van der Waals surface area contributed by atoms with Crippen LogP contribution in [0.15, 0.2) is 18.2 Å². The Morgan fingerprint density at radius 3 is 2.30 bits per heavy atom. The Morgan fingerprint density at radius 1 is 1.00 bits per heavy atom. The first-order valence-corrected chi connectivity index (χ1v) is 6.92. The van der Waals surface area contributed by atoms with Gasteiger partial charge in [0.15, 0.2) is 0 Å². The SMILES string of the molecule is COCCOCCOCCOc1cccc(Cl)c1CN. The van der Waals surface area contributed by atoms with Crippen molar-refractivity contribution in [1.82, 2.24) is 0 Å². The molecule has 0 amide bonds. The summed E-state index contributed by atoms with van der Waals surface area (Å²) in [5.74, 6) is 0.708. The maximum atomic E-state index is 6.03. The van der Waals surface area contributed by atoms with Crippen molar-refractivity contribution in [2.24, 2.45) is 5.73 Å². The first kappa shape index (κ1) is 17.2. The van der Waals surface area contributed by atoms with Crippen LogP contribution in [-0.2, 0) is 20.8 Å². The highest BCUT2D eigenvalue weighted by molar-refractivity contribution is 6.31. The zero-order valence-corrected chi connectivity index (χ0v) is 12.5. The van der Waals surface area contributed by atoms with Crippen molar-refractivity contribution < 1.29 is 18.9 Å². The predicted octanol–water partition coefficient (Wildman–Crippen LogP) is 1.86. The van der Waals surface area contributed by atoms with E-state index in [9.17, 15) is 0 Å². The Balaban J connectivity index is 2.11. The molecule has 0 saturated carbocycles. The Morgan fingerprint density at radius 2 is 1.65 bits per heavy atom. The standard InChI is InChI=1S/C14H22ClNO4/c1-17-5-6-18-7-8-19-9-10-20-14-4-2-3-13(15)12(14)11-16/h2-4H,5-11,16H2,1H3. The molecule has 1 aromatic rings. The number of halogens is 1. The van der Waals surface area contributed by atoms with Gasteiger partial charge >= 0.3 is 0 Å². The minimum Gasteiger partial charge on any atom is -0.491 e. The summed E-state index contributed by atoms with van der Waals surface area (Å²) in [5.41, 5.74) is 6.46. The zero-order valence-electron chi connectivity index (χ0n) is 11.8. The van der Waals surface area contributed by atoms with E-state index >= 15 is 0 Å². The molecular weight excluding hydrogens is 282 g/mol. The predicted molar refractivity (Wildman–Crippen MR) is 78.4 cm³/mol. The Hall–Kier alpha value is -0.850. The molecule has 114 valence electrons. The third-order valence-electron chi connectivity index (χ3n) is 2.57. The van der Waals surface area contributed by atoms with E-state index in [0.29, 0.717) is 57.0 Å². The number of hydrogen-bond donors (Lipinski definition) is 1. The van der Waals surface area contributed by atoms with E-state index in [4.69, 9.17) is 36.3 Å². The van der Waals surface area contributed by atoms with Gasteiger partial charge in [0.25, 0.3) is 0 Å². The van der Waals surface area contributed by atoms with Crippen LogP contribution >= 0.6 is 11.6 Å². The Bertz CT molecular complexity index is 376. The molecule has 20 heavy (non-hydrogen) atoms. The third kappa shape index (κ3) is 6.54. The molecule has 0 unspecified atom stereocenters. The summed E-state index contributed by atoms with van der Waals surface area (Å²) in [6, 6.07) is 5.48. The van der Waals surface area contributed by atoms with E-state index in [1.807, 2.05) is 12.1 Å². The first-order valence-electron chi connectivity index (χ1n) is 6.54. The fourth-order valence-corrected chi connectivity index (χ4v) is 1.79. The number of nitrogens with two attached hydrogens (primary N) is 1. The van der Waals surface area contributed by atoms with Crippen molar-refractivity contribution in [3.63, 3.8) is 0 Å². The van der Waals surface area contributed by atoms with E-state index in [-0.39, 0.29) is 0 Å². The van der Waals surface area contributed by atoms with E-state index in [1.165, 1.54) is 0 Å². The van der Waals surface area contributed by atoms with Crippen LogP contribution in [-0.4, -0.2) is 46.8 Å². The molecule has 6 heteroatoms. The van der Waals surface area contributed by atoms with Gasteiger partial charge in [-0.2, -0.15) is 0 Å². The quantitative estimate of drug-likeness (QED) is 0.632. The Kier molecular flexibility index (Phi) is 9.36. The minimum atomic E-state index is 0.350. The minimum absolute atomic E-state index is 0.350. The second-order valence-electron chi connectivity index (χ2n) is 3.99. The lowest BCUT2D eigenvalue weighted by molar-refractivity contribution is 0.0179. The molecule has 0 aliphatic rings. The van der Waals surface area contributed by atoms with Gasteiger partial charge < -0.3 is 24.7 Å². The van der Waals surface area contributed by atoms with Crippen molar-refractivity contribution in [2.75, 3.05) is 46.8 Å². The van der Waals surface area contributed by atoms with E-state index in [2.05, 4.69) is 0 Å². The smallest absolute Gasteiger partial charge is 0.125 e. The van der Waals surface area contributed by atoms with Crippen molar-refractivity contribution in [1.29, 1.82) is 0 Å². The molecule has 0 bridgehead atoms. The Labute approximate surface area is 124 Å². The highest BCUT2D eigenvalue weighted by Crippen LogP contribution is 2.25. The van der Waals surface area contributed by atoms with Gasteiger partial charge in [-0.25, -0.2) is 0 Å². The number of rotatable bonds is 11. The molecular formula is C14H22ClNO4. The van der Waals surface area contributed by atoms with Crippen LogP contribution in [0.2, 0.25) is 5.02 Å². The van der Waals surface area contributed by atoms with Crippen molar-refractivity contribution >= 4 is 11.6 Å². The van der Waals surface area contributed by atoms with Crippen molar-refractivity contribution in [2.45, 2.75) is 6.54 Å². The fraction of sp³-hybridized carbons (Fsp3) is 0.571. The lowest BCUT2D eigenvalue weighted by Gasteiger charge is -2.11. The molecule has 0 radical (unpaired) electrons. The van der Waals surface area contributed by atoms with Crippen LogP contribution in [0.1, 0.15) is 5.56 Å². The van der Waals surface area contributed by atoms with Crippen LogP contribution < -0.4 is 10.5 Å². The molecule has 0 saturated heterocycles. The van der Waals surface area contributed by atoms with Gasteiger partial charge in [-0.1, -0.05) is 17.7 Å². The highest BCUT2D eigenvalue weighted by atomic mass is 35.5. The van der Waals surface area contributed by atoms with Crippen molar-refractivity contribution in [3.05, 3.63) is 28.8 Å². The van der Waals surface area contributed by atoms with E-state index in [1.54, 1.807) is 13.2 Å². The topological polar surface area (TPSA) is 62.9 Å². The number of methoxy groups -OCH3 is 1. The summed E-state index contributed by atoms with van der Waals surface area (Å²) >= 11 is 6.03. The molecule has 1 aromatic carbocycles. The third-order valence-corrected chi connectivity index (χ3v) is 2.92. The first-order chi connectivity index (χ1) is 9.79. The van der Waals surface area contributed by atoms with Crippen LogP contribution in [0.5, 0.6) is 5.75 Å². The van der Waals surface area contributed by atoms with Gasteiger partial charge in [-0.3, -0.25) is 0 Å². The number of ether oxygens (including phenoxy) is 4. The van der Waals surface area contributed by atoms with Crippen LogP contribution in [0, 0.1) is 0 Å². The molecule has 2 N–H and O–H groups in total.